The van der Waals surface area contributed by atoms with Crippen molar-refractivity contribution < 1.29 is 9.53 Å². The Hall–Kier alpha value is -3.12. The van der Waals surface area contributed by atoms with Gasteiger partial charge in [-0.15, -0.1) is 0 Å². The number of carbonyl (C=O) groups excluding carboxylic acids is 1. The zero-order chi connectivity index (χ0) is 19.8. The molecule has 0 saturated heterocycles. The molecule has 0 aliphatic rings. The summed E-state index contributed by atoms with van der Waals surface area (Å²) in [6.45, 7) is 1.04. The van der Waals surface area contributed by atoms with E-state index in [9.17, 15) is 4.79 Å². The van der Waals surface area contributed by atoms with Crippen LogP contribution in [0.3, 0.4) is 0 Å². The molecule has 0 spiro atoms. The van der Waals surface area contributed by atoms with E-state index in [1.807, 2.05) is 48.5 Å². The monoisotopic (exact) mass is 396 g/mol. The van der Waals surface area contributed by atoms with Crippen LogP contribution in [0.1, 0.15) is 21.6 Å². The summed E-state index contributed by atoms with van der Waals surface area (Å²) in [7, 11) is 1.63. The molecule has 0 aliphatic carbocycles. The number of ether oxygens (including phenoxy) is 1. The van der Waals surface area contributed by atoms with Gasteiger partial charge in [-0.05, 0) is 35.7 Å². The van der Waals surface area contributed by atoms with Gasteiger partial charge >= 0.3 is 0 Å². The lowest BCUT2D eigenvalue weighted by Crippen LogP contribution is -2.26. The van der Waals surface area contributed by atoms with Crippen LogP contribution >= 0.6 is 11.6 Å². The van der Waals surface area contributed by atoms with Gasteiger partial charge in [0, 0.05) is 18.1 Å². The summed E-state index contributed by atoms with van der Waals surface area (Å²) in [5.41, 5.74) is 2.36. The number of benzene rings is 2. The summed E-state index contributed by atoms with van der Waals surface area (Å²) in [6, 6.07) is 15.3. The average Bonchev–Trinajstić information content (AvgIpc) is 2.74. The van der Waals surface area contributed by atoms with Gasteiger partial charge in [0.15, 0.2) is 0 Å². The van der Waals surface area contributed by atoms with Gasteiger partial charge in [0.25, 0.3) is 5.91 Å². The lowest BCUT2D eigenvalue weighted by Gasteiger charge is -2.08. The van der Waals surface area contributed by atoms with Crippen LogP contribution in [0, 0.1) is 0 Å². The smallest absolute Gasteiger partial charge is 0.271 e. The highest BCUT2D eigenvalue weighted by Crippen LogP contribution is 2.16. The molecule has 0 unspecified atom stereocenters. The van der Waals surface area contributed by atoms with E-state index in [0.29, 0.717) is 23.9 Å². The first-order chi connectivity index (χ1) is 13.7. The Bertz CT molecular complexity index is 914. The van der Waals surface area contributed by atoms with Crippen LogP contribution in [-0.2, 0) is 13.0 Å². The predicted octanol–water partition coefficient (Wildman–Crippen LogP) is 3.72. The standard InChI is InChI=1S/C21H21ClN4O2/c1-28-17-8-6-15(7-9-17)10-11-23-21(27)19-13-26-20(14-24-19)25-12-16-4-2-3-5-18(16)22/h2-9,13-14H,10-12H2,1H3,(H,23,27)(H,25,26). The second kappa shape index (κ2) is 9.71. The van der Waals surface area contributed by atoms with Gasteiger partial charge in [-0.3, -0.25) is 4.79 Å². The number of methoxy groups -OCH3 is 1. The Morgan fingerprint density at radius 2 is 1.86 bits per heavy atom. The minimum Gasteiger partial charge on any atom is -0.497 e. The number of rotatable bonds is 8. The number of anilines is 1. The first kappa shape index (κ1) is 19.6. The highest BCUT2D eigenvalue weighted by Gasteiger charge is 2.08. The Kier molecular flexibility index (Phi) is 6.81. The third kappa shape index (κ3) is 5.44. The van der Waals surface area contributed by atoms with Gasteiger partial charge in [0.1, 0.15) is 17.3 Å². The molecule has 1 heterocycles. The summed E-state index contributed by atoms with van der Waals surface area (Å²) in [6.07, 6.45) is 3.72. The molecule has 0 atom stereocenters. The first-order valence-electron chi connectivity index (χ1n) is 8.86. The van der Waals surface area contributed by atoms with Crippen molar-refractivity contribution in [3.8, 4) is 5.75 Å². The van der Waals surface area contributed by atoms with E-state index in [0.717, 1.165) is 23.3 Å². The Balaban J connectivity index is 1.47. The zero-order valence-electron chi connectivity index (χ0n) is 15.5. The molecule has 0 aliphatic heterocycles. The Labute approximate surface area is 168 Å². The van der Waals surface area contributed by atoms with Crippen molar-refractivity contribution in [3.05, 3.63) is 82.8 Å². The molecule has 7 heteroatoms. The molecule has 0 bridgehead atoms. The number of halogens is 1. The van der Waals surface area contributed by atoms with Crippen LogP contribution in [0.4, 0.5) is 5.82 Å². The van der Waals surface area contributed by atoms with Crippen molar-refractivity contribution in [1.29, 1.82) is 0 Å². The Morgan fingerprint density at radius 1 is 1.07 bits per heavy atom. The fraction of sp³-hybridized carbons (Fsp3) is 0.190. The number of nitrogens with zero attached hydrogens (tertiary/aromatic N) is 2. The minimum atomic E-state index is -0.251. The van der Waals surface area contributed by atoms with Gasteiger partial charge < -0.3 is 15.4 Å². The minimum absolute atomic E-state index is 0.251. The van der Waals surface area contributed by atoms with Crippen LogP contribution in [0.25, 0.3) is 0 Å². The predicted molar refractivity (Wildman–Crippen MR) is 110 cm³/mol. The topological polar surface area (TPSA) is 76.1 Å². The molecule has 0 radical (unpaired) electrons. The fourth-order valence-electron chi connectivity index (χ4n) is 2.57. The van der Waals surface area contributed by atoms with Crippen molar-refractivity contribution in [1.82, 2.24) is 15.3 Å². The maximum Gasteiger partial charge on any atom is 0.271 e. The van der Waals surface area contributed by atoms with E-state index in [1.165, 1.54) is 12.4 Å². The third-order valence-corrected chi connectivity index (χ3v) is 4.53. The van der Waals surface area contributed by atoms with Crippen molar-refractivity contribution in [2.75, 3.05) is 19.0 Å². The highest BCUT2D eigenvalue weighted by molar-refractivity contribution is 6.31. The molecule has 144 valence electrons. The molecule has 0 saturated carbocycles. The van der Waals surface area contributed by atoms with E-state index in [-0.39, 0.29) is 11.6 Å². The van der Waals surface area contributed by atoms with Gasteiger partial charge in [0.2, 0.25) is 0 Å². The Morgan fingerprint density at radius 3 is 2.54 bits per heavy atom. The zero-order valence-corrected chi connectivity index (χ0v) is 16.2. The lowest BCUT2D eigenvalue weighted by atomic mass is 10.1. The molecule has 2 N–H and O–H groups in total. The van der Waals surface area contributed by atoms with Gasteiger partial charge in [-0.2, -0.15) is 0 Å². The maximum atomic E-state index is 12.2. The number of hydrogen-bond acceptors (Lipinski definition) is 5. The number of hydrogen-bond donors (Lipinski definition) is 2. The van der Waals surface area contributed by atoms with Crippen LogP contribution < -0.4 is 15.4 Å². The molecule has 6 nitrogen and oxygen atoms in total. The van der Waals surface area contributed by atoms with E-state index in [4.69, 9.17) is 16.3 Å². The summed E-state index contributed by atoms with van der Waals surface area (Å²) in [5.74, 6) is 1.14. The molecule has 3 rings (SSSR count). The summed E-state index contributed by atoms with van der Waals surface area (Å²) >= 11 is 6.13. The van der Waals surface area contributed by atoms with Crippen molar-refractivity contribution >= 4 is 23.3 Å². The van der Waals surface area contributed by atoms with Crippen LogP contribution in [-0.4, -0.2) is 29.5 Å². The number of aromatic nitrogens is 2. The molecule has 2 aromatic carbocycles. The molecule has 1 aromatic heterocycles. The van der Waals surface area contributed by atoms with Crippen LogP contribution in [0.2, 0.25) is 5.02 Å². The highest BCUT2D eigenvalue weighted by atomic mass is 35.5. The van der Waals surface area contributed by atoms with Gasteiger partial charge in [-0.1, -0.05) is 41.9 Å². The van der Waals surface area contributed by atoms with E-state index < -0.39 is 0 Å². The van der Waals surface area contributed by atoms with Crippen LogP contribution in [0.5, 0.6) is 5.75 Å². The van der Waals surface area contributed by atoms with Crippen molar-refractivity contribution in [2.45, 2.75) is 13.0 Å². The summed E-state index contributed by atoms with van der Waals surface area (Å²) < 4.78 is 5.13. The second-order valence-corrected chi connectivity index (χ2v) is 6.49. The first-order valence-corrected chi connectivity index (χ1v) is 9.24. The second-order valence-electron chi connectivity index (χ2n) is 6.09. The van der Waals surface area contributed by atoms with Gasteiger partial charge in [0.05, 0.1) is 19.5 Å². The van der Waals surface area contributed by atoms with Crippen molar-refractivity contribution in [3.63, 3.8) is 0 Å². The summed E-state index contributed by atoms with van der Waals surface area (Å²) in [4.78, 5) is 20.6. The van der Waals surface area contributed by atoms with Crippen molar-refractivity contribution in [2.24, 2.45) is 0 Å². The number of amides is 1. The molecule has 1 amide bonds. The normalized spacial score (nSPS) is 10.4. The largest absolute Gasteiger partial charge is 0.497 e. The van der Waals surface area contributed by atoms with Crippen LogP contribution in [0.15, 0.2) is 60.9 Å². The van der Waals surface area contributed by atoms with E-state index >= 15 is 0 Å². The quantitative estimate of drug-likeness (QED) is 0.606. The average molecular weight is 397 g/mol. The molecule has 28 heavy (non-hydrogen) atoms. The lowest BCUT2D eigenvalue weighted by molar-refractivity contribution is 0.0949. The maximum absolute atomic E-state index is 12.2. The number of carbonyl (C=O) groups is 1. The van der Waals surface area contributed by atoms with E-state index in [2.05, 4.69) is 20.6 Å². The summed E-state index contributed by atoms with van der Waals surface area (Å²) in [5, 5.41) is 6.68. The third-order valence-electron chi connectivity index (χ3n) is 4.16. The molecular weight excluding hydrogens is 376 g/mol. The SMILES string of the molecule is COc1ccc(CCNC(=O)c2cnc(NCc3ccccc3Cl)cn2)cc1. The van der Waals surface area contributed by atoms with E-state index in [1.54, 1.807) is 7.11 Å². The number of nitrogens with one attached hydrogen (secondary N) is 2. The fourth-order valence-corrected chi connectivity index (χ4v) is 2.77. The van der Waals surface area contributed by atoms with Gasteiger partial charge in [-0.25, -0.2) is 9.97 Å². The molecule has 0 fully saturated rings. The molecule has 3 aromatic rings. The molecular formula is C21H21ClN4O2.